The van der Waals surface area contributed by atoms with E-state index in [1.54, 1.807) is 28.0 Å². The number of carbonyl (C=O) groups is 4. The van der Waals surface area contributed by atoms with Crippen LogP contribution in [0.1, 0.15) is 30.1 Å². The molecule has 0 saturated carbocycles. The first-order valence-electron chi connectivity index (χ1n) is 9.56. The predicted octanol–water partition coefficient (Wildman–Crippen LogP) is 0.655. The van der Waals surface area contributed by atoms with Gasteiger partial charge in [0.05, 0.1) is 6.42 Å². The SMILES string of the molecule is CC(=O)N1CCN(C(=O)CCC(=O)OCC(=O)c2ccc3c(c2)OCCO3)CC1. The smallest absolute Gasteiger partial charge is 0.306 e. The fourth-order valence-electron chi connectivity index (χ4n) is 3.16. The molecule has 0 unspecified atom stereocenters. The minimum Gasteiger partial charge on any atom is -0.486 e. The third-order valence-electron chi connectivity index (χ3n) is 4.85. The van der Waals surface area contributed by atoms with E-state index in [0.29, 0.717) is 56.5 Å². The molecular weight excluding hydrogens is 380 g/mol. The van der Waals surface area contributed by atoms with Crippen molar-refractivity contribution in [2.24, 2.45) is 0 Å². The number of rotatable bonds is 6. The molecule has 2 aliphatic heterocycles. The zero-order chi connectivity index (χ0) is 20.8. The van der Waals surface area contributed by atoms with Crippen molar-refractivity contribution in [2.45, 2.75) is 19.8 Å². The maximum absolute atomic E-state index is 12.2. The molecule has 0 aliphatic carbocycles. The standard InChI is InChI=1S/C20H24N2O7/c1-14(23)21-6-8-22(9-7-21)19(25)4-5-20(26)29-13-16(24)15-2-3-17-18(12-15)28-11-10-27-17/h2-3,12H,4-11,13H2,1H3. The van der Waals surface area contributed by atoms with Gasteiger partial charge in [0.1, 0.15) is 13.2 Å². The molecule has 0 spiro atoms. The first kappa shape index (κ1) is 20.6. The van der Waals surface area contributed by atoms with E-state index >= 15 is 0 Å². The number of amides is 2. The van der Waals surface area contributed by atoms with E-state index in [1.807, 2.05) is 0 Å². The van der Waals surface area contributed by atoms with Crippen molar-refractivity contribution < 1.29 is 33.4 Å². The summed E-state index contributed by atoms with van der Waals surface area (Å²) in [7, 11) is 0. The summed E-state index contributed by atoms with van der Waals surface area (Å²) in [6.07, 6.45) is -0.0860. The van der Waals surface area contributed by atoms with Crippen LogP contribution in [0.25, 0.3) is 0 Å². The van der Waals surface area contributed by atoms with Gasteiger partial charge in [-0.25, -0.2) is 0 Å². The van der Waals surface area contributed by atoms with Crippen LogP contribution in [0.3, 0.4) is 0 Å². The van der Waals surface area contributed by atoms with Crippen molar-refractivity contribution in [2.75, 3.05) is 46.0 Å². The number of Topliss-reactive ketones (excluding diaryl/α,β-unsaturated/α-hetero) is 1. The number of nitrogens with zero attached hydrogens (tertiary/aromatic N) is 2. The van der Waals surface area contributed by atoms with Gasteiger partial charge in [0.25, 0.3) is 0 Å². The van der Waals surface area contributed by atoms with Crippen molar-refractivity contribution in [1.29, 1.82) is 0 Å². The number of hydrogen-bond acceptors (Lipinski definition) is 7. The molecule has 3 rings (SSSR count). The molecule has 1 saturated heterocycles. The van der Waals surface area contributed by atoms with Crippen LogP contribution in [0.5, 0.6) is 11.5 Å². The summed E-state index contributed by atoms with van der Waals surface area (Å²) in [6, 6.07) is 4.80. The summed E-state index contributed by atoms with van der Waals surface area (Å²) in [5, 5.41) is 0. The first-order valence-corrected chi connectivity index (χ1v) is 9.56. The molecule has 0 aromatic heterocycles. The first-order chi connectivity index (χ1) is 13.9. The molecule has 9 heteroatoms. The Morgan fingerprint density at radius 1 is 0.931 bits per heavy atom. The van der Waals surface area contributed by atoms with Gasteiger partial charge in [-0.3, -0.25) is 19.2 Å². The van der Waals surface area contributed by atoms with Crippen LogP contribution in [0.15, 0.2) is 18.2 Å². The largest absolute Gasteiger partial charge is 0.486 e. The molecule has 2 aliphatic rings. The molecule has 29 heavy (non-hydrogen) atoms. The zero-order valence-corrected chi connectivity index (χ0v) is 16.3. The summed E-state index contributed by atoms with van der Waals surface area (Å²) in [6.45, 7) is 3.88. The summed E-state index contributed by atoms with van der Waals surface area (Å²) < 4.78 is 15.8. The van der Waals surface area contributed by atoms with Crippen LogP contribution >= 0.6 is 0 Å². The zero-order valence-electron chi connectivity index (χ0n) is 16.3. The predicted molar refractivity (Wildman–Crippen MR) is 101 cm³/mol. The van der Waals surface area contributed by atoms with Gasteiger partial charge in [-0.15, -0.1) is 0 Å². The van der Waals surface area contributed by atoms with Crippen molar-refractivity contribution in [3.05, 3.63) is 23.8 Å². The van der Waals surface area contributed by atoms with Crippen LogP contribution in [0, 0.1) is 0 Å². The van der Waals surface area contributed by atoms with Gasteiger partial charge in [-0.2, -0.15) is 0 Å². The van der Waals surface area contributed by atoms with Crippen LogP contribution in [0.2, 0.25) is 0 Å². The second kappa shape index (κ2) is 9.40. The maximum Gasteiger partial charge on any atom is 0.306 e. The molecule has 2 amide bonds. The van der Waals surface area contributed by atoms with E-state index in [0.717, 1.165) is 0 Å². The molecule has 1 aromatic carbocycles. The van der Waals surface area contributed by atoms with Gasteiger partial charge in [0, 0.05) is 45.1 Å². The molecule has 9 nitrogen and oxygen atoms in total. The Balaban J connectivity index is 1.39. The summed E-state index contributed by atoms with van der Waals surface area (Å²) >= 11 is 0. The second-order valence-corrected chi connectivity index (χ2v) is 6.83. The van der Waals surface area contributed by atoms with E-state index in [-0.39, 0.29) is 30.4 Å². The average molecular weight is 404 g/mol. The van der Waals surface area contributed by atoms with Crippen molar-refractivity contribution in [3.63, 3.8) is 0 Å². The van der Waals surface area contributed by atoms with Crippen LogP contribution in [-0.2, 0) is 19.1 Å². The average Bonchev–Trinajstić information content (AvgIpc) is 2.75. The van der Waals surface area contributed by atoms with Gasteiger partial charge in [-0.1, -0.05) is 0 Å². The third-order valence-corrected chi connectivity index (χ3v) is 4.85. The highest BCUT2D eigenvalue weighted by molar-refractivity contribution is 5.98. The Kier molecular flexibility index (Phi) is 6.69. The van der Waals surface area contributed by atoms with E-state index in [2.05, 4.69) is 0 Å². The van der Waals surface area contributed by atoms with Gasteiger partial charge in [-0.05, 0) is 18.2 Å². The number of hydrogen-bond donors (Lipinski definition) is 0. The normalized spacial score (nSPS) is 15.6. The van der Waals surface area contributed by atoms with E-state index in [1.165, 1.54) is 6.92 Å². The highest BCUT2D eigenvalue weighted by atomic mass is 16.6. The Morgan fingerprint density at radius 2 is 1.59 bits per heavy atom. The number of ether oxygens (including phenoxy) is 3. The number of piperazine rings is 1. The third kappa shape index (κ3) is 5.46. The fraction of sp³-hybridized carbons (Fsp3) is 0.500. The van der Waals surface area contributed by atoms with Gasteiger partial charge in [0.15, 0.2) is 23.9 Å². The number of carbonyl (C=O) groups excluding carboxylic acids is 4. The highest BCUT2D eigenvalue weighted by Crippen LogP contribution is 2.30. The van der Waals surface area contributed by atoms with E-state index in [4.69, 9.17) is 14.2 Å². The molecule has 1 aromatic rings. The molecule has 0 atom stereocenters. The maximum atomic E-state index is 12.2. The Morgan fingerprint density at radius 3 is 2.28 bits per heavy atom. The van der Waals surface area contributed by atoms with Crippen LogP contribution in [0.4, 0.5) is 0 Å². The monoisotopic (exact) mass is 404 g/mol. The molecule has 0 radical (unpaired) electrons. The topological polar surface area (TPSA) is 102 Å². The Bertz CT molecular complexity index is 800. The van der Waals surface area contributed by atoms with E-state index in [9.17, 15) is 19.2 Å². The van der Waals surface area contributed by atoms with Gasteiger partial charge < -0.3 is 24.0 Å². The van der Waals surface area contributed by atoms with Crippen molar-refractivity contribution in [3.8, 4) is 11.5 Å². The van der Waals surface area contributed by atoms with Crippen LogP contribution in [-0.4, -0.2) is 79.4 Å². The number of esters is 1. The van der Waals surface area contributed by atoms with Gasteiger partial charge >= 0.3 is 5.97 Å². The number of benzene rings is 1. The summed E-state index contributed by atoms with van der Waals surface area (Å²) in [5.74, 6) is -0.0726. The molecule has 2 heterocycles. The summed E-state index contributed by atoms with van der Waals surface area (Å²) in [4.78, 5) is 50.9. The van der Waals surface area contributed by atoms with Gasteiger partial charge in [0.2, 0.25) is 11.8 Å². The minimum atomic E-state index is -0.605. The second-order valence-electron chi connectivity index (χ2n) is 6.83. The quantitative estimate of drug-likeness (QED) is 0.507. The lowest BCUT2D eigenvalue weighted by Crippen LogP contribution is -2.50. The minimum absolute atomic E-state index is 0.0108. The van der Waals surface area contributed by atoms with Crippen LogP contribution < -0.4 is 9.47 Å². The molecule has 0 bridgehead atoms. The fourth-order valence-corrected chi connectivity index (χ4v) is 3.16. The Labute approximate surface area is 168 Å². The Hall–Kier alpha value is -3.10. The lowest BCUT2D eigenvalue weighted by atomic mass is 10.1. The molecule has 156 valence electrons. The van der Waals surface area contributed by atoms with Crippen molar-refractivity contribution >= 4 is 23.6 Å². The lowest BCUT2D eigenvalue weighted by molar-refractivity contribution is -0.145. The highest BCUT2D eigenvalue weighted by Gasteiger charge is 2.23. The van der Waals surface area contributed by atoms with E-state index < -0.39 is 12.6 Å². The molecular formula is C20H24N2O7. The summed E-state index contributed by atoms with van der Waals surface area (Å²) in [5.41, 5.74) is 0.362. The number of ketones is 1. The lowest BCUT2D eigenvalue weighted by Gasteiger charge is -2.34. The van der Waals surface area contributed by atoms with Crippen molar-refractivity contribution in [1.82, 2.24) is 9.80 Å². The molecule has 0 N–H and O–H groups in total. The number of fused-ring (bicyclic) bond motifs is 1. The molecule has 1 fully saturated rings.